The second-order valence-electron chi connectivity index (χ2n) is 5.05. The van der Waals surface area contributed by atoms with Crippen LogP contribution in [0.3, 0.4) is 0 Å². The van der Waals surface area contributed by atoms with Gasteiger partial charge in [0.15, 0.2) is 0 Å². The van der Waals surface area contributed by atoms with Crippen LogP contribution in [-0.2, 0) is 0 Å². The number of carbonyl (C=O) groups excluding carboxylic acids is 1. The number of hydrogen-bond acceptors (Lipinski definition) is 2. The number of nitrogens with one attached hydrogen (secondary N) is 1. The van der Waals surface area contributed by atoms with Gasteiger partial charge in [0, 0.05) is 11.6 Å². The topological polar surface area (TPSA) is 38.3 Å². The Labute approximate surface area is 128 Å². The maximum absolute atomic E-state index is 12.2. The Hall–Kier alpha value is -1.29. The highest BCUT2D eigenvalue weighted by Crippen LogP contribution is 2.26. The van der Waals surface area contributed by atoms with E-state index in [0.29, 0.717) is 18.2 Å². The van der Waals surface area contributed by atoms with Gasteiger partial charge in [-0.05, 0) is 47.0 Å². The first-order chi connectivity index (χ1) is 9.70. The van der Waals surface area contributed by atoms with Crippen LogP contribution < -0.4 is 10.1 Å². The molecule has 3 nitrogen and oxygen atoms in total. The molecule has 1 aliphatic carbocycles. The van der Waals surface area contributed by atoms with E-state index < -0.39 is 0 Å². The molecule has 1 aromatic rings. The van der Waals surface area contributed by atoms with E-state index in [0.717, 1.165) is 23.1 Å². The minimum atomic E-state index is -0.00660. The van der Waals surface area contributed by atoms with Gasteiger partial charge in [-0.15, -0.1) is 0 Å². The van der Waals surface area contributed by atoms with E-state index in [1.165, 1.54) is 19.3 Å². The predicted molar refractivity (Wildman–Crippen MR) is 84.2 cm³/mol. The van der Waals surface area contributed by atoms with E-state index in [9.17, 15) is 4.79 Å². The second kappa shape index (κ2) is 7.48. The van der Waals surface area contributed by atoms with E-state index in [1.807, 2.05) is 6.07 Å². The molecule has 108 valence electrons. The molecule has 0 unspecified atom stereocenters. The zero-order chi connectivity index (χ0) is 14.4. The van der Waals surface area contributed by atoms with Gasteiger partial charge < -0.3 is 10.1 Å². The largest absolute Gasteiger partial charge is 0.488 e. The molecule has 0 radical (unpaired) electrons. The molecule has 0 heterocycles. The molecule has 1 aliphatic rings. The standard InChI is InChI=1S/C16H20BrNO2/c1-2-10-20-15-9-8-12(11-14(15)17)16(19)18-13-6-4-3-5-7-13/h2,8-9,11,13H,1,3-7,10H2,(H,18,19). The Morgan fingerprint density at radius 2 is 2.15 bits per heavy atom. The SMILES string of the molecule is C=CCOc1ccc(C(=O)NC2CCCCC2)cc1Br. The maximum atomic E-state index is 12.2. The lowest BCUT2D eigenvalue weighted by Gasteiger charge is -2.22. The van der Waals surface area contributed by atoms with E-state index in [2.05, 4.69) is 27.8 Å². The summed E-state index contributed by atoms with van der Waals surface area (Å²) in [4.78, 5) is 12.2. The molecule has 0 atom stereocenters. The summed E-state index contributed by atoms with van der Waals surface area (Å²) in [6, 6.07) is 5.73. The molecule has 1 amide bonds. The van der Waals surface area contributed by atoms with Crippen LogP contribution in [0.25, 0.3) is 0 Å². The fourth-order valence-corrected chi connectivity index (χ4v) is 2.92. The highest BCUT2D eigenvalue weighted by molar-refractivity contribution is 9.10. The summed E-state index contributed by atoms with van der Waals surface area (Å²) in [5.74, 6) is 0.715. The minimum Gasteiger partial charge on any atom is -0.488 e. The number of halogens is 1. The Morgan fingerprint density at radius 3 is 2.80 bits per heavy atom. The van der Waals surface area contributed by atoms with Crippen molar-refractivity contribution in [1.82, 2.24) is 5.32 Å². The smallest absolute Gasteiger partial charge is 0.251 e. The average molecular weight is 338 g/mol. The minimum absolute atomic E-state index is 0.00660. The van der Waals surface area contributed by atoms with Gasteiger partial charge >= 0.3 is 0 Å². The first kappa shape index (κ1) is 15.1. The first-order valence-corrected chi connectivity index (χ1v) is 7.84. The molecule has 0 saturated heterocycles. The van der Waals surface area contributed by atoms with Gasteiger partial charge in [0.1, 0.15) is 12.4 Å². The third-order valence-electron chi connectivity index (χ3n) is 3.49. The van der Waals surface area contributed by atoms with Crippen LogP contribution in [0.2, 0.25) is 0 Å². The summed E-state index contributed by atoms with van der Waals surface area (Å²) in [7, 11) is 0. The van der Waals surface area contributed by atoms with Gasteiger partial charge in [-0.3, -0.25) is 4.79 Å². The van der Waals surface area contributed by atoms with Crippen molar-refractivity contribution in [3.63, 3.8) is 0 Å². The Balaban J connectivity index is 1.98. The van der Waals surface area contributed by atoms with Crippen LogP contribution in [0.4, 0.5) is 0 Å². The molecule has 1 N–H and O–H groups in total. The summed E-state index contributed by atoms with van der Waals surface area (Å²) in [5.41, 5.74) is 0.661. The lowest BCUT2D eigenvalue weighted by Crippen LogP contribution is -2.36. The van der Waals surface area contributed by atoms with Gasteiger partial charge in [-0.2, -0.15) is 0 Å². The third kappa shape index (κ3) is 4.10. The molecule has 0 bridgehead atoms. The quantitative estimate of drug-likeness (QED) is 0.822. The Kier molecular flexibility index (Phi) is 5.65. The highest BCUT2D eigenvalue weighted by Gasteiger charge is 2.17. The molecule has 0 spiro atoms. The van der Waals surface area contributed by atoms with Crippen molar-refractivity contribution in [1.29, 1.82) is 0 Å². The predicted octanol–water partition coefficient (Wildman–Crippen LogP) is 4.08. The normalized spacial score (nSPS) is 15.7. The summed E-state index contributed by atoms with van der Waals surface area (Å²) < 4.78 is 6.26. The van der Waals surface area contributed by atoms with Crippen molar-refractivity contribution in [3.05, 3.63) is 40.9 Å². The molecule has 1 saturated carbocycles. The number of amides is 1. The van der Waals surface area contributed by atoms with Crippen LogP contribution in [0.5, 0.6) is 5.75 Å². The van der Waals surface area contributed by atoms with E-state index >= 15 is 0 Å². The Morgan fingerprint density at radius 1 is 1.40 bits per heavy atom. The third-order valence-corrected chi connectivity index (χ3v) is 4.11. The van der Waals surface area contributed by atoms with Crippen molar-refractivity contribution >= 4 is 21.8 Å². The van der Waals surface area contributed by atoms with Crippen LogP contribution in [0.15, 0.2) is 35.3 Å². The van der Waals surface area contributed by atoms with Gasteiger partial charge in [0.25, 0.3) is 5.91 Å². The monoisotopic (exact) mass is 337 g/mol. The summed E-state index contributed by atoms with van der Waals surface area (Å²) >= 11 is 3.43. The summed E-state index contributed by atoms with van der Waals surface area (Å²) in [6.07, 6.45) is 7.58. The molecular formula is C16H20BrNO2. The average Bonchev–Trinajstić information content (AvgIpc) is 2.47. The number of carbonyl (C=O) groups is 1. The van der Waals surface area contributed by atoms with Crippen molar-refractivity contribution in [3.8, 4) is 5.75 Å². The van der Waals surface area contributed by atoms with Crippen molar-refractivity contribution in [2.24, 2.45) is 0 Å². The molecule has 1 aromatic carbocycles. The van der Waals surface area contributed by atoms with Crippen molar-refractivity contribution in [2.75, 3.05) is 6.61 Å². The number of benzene rings is 1. The van der Waals surface area contributed by atoms with Crippen LogP contribution in [0, 0.1) is 0 Å². The van der Waals surface area contributed by atoms with Crippen molar-refractivity contribution < 1.29 is 9.53 Å². The number of ether oxygens (including phenoxy) is 1. The van der Waals surface area contributed by atoms with Gasteiger partial charge in [-0.1, -0.05) is 31.9 Å². The molecule has 1 fully saturated rings. The zero-order valence-corrected chi connectivity index (χ0v) is 13.1. The second-order valence-corrected chi connectivity index (χ2v) is 5.91. The molecule has 20 heavy (non-hydrogen) atoms. The molecular weight excluding hydrogens is 318 g/mol. The van der Waals surface area contributed by atoms with E-state index in [-0.39, 0.29) is 5.91 Å². The Bertz CT molecular complexity index is 481. The molecule has 2 rings (SSSR count). The highest BCUT2D eigenvalue weighted by atomic mass is 79.9. The fourth-order valence-electron chi connectivity index (χ4n) is 2.42. The first-order valence-electron chi connectivity index (χ1n) is 7.05. The molecule has 0 aromatic heterocycles. The van der Waals surface area contributed by atoms with Crippen LogP contribution >= 0.6 is 15.9 Å². The summed E-state index contributed by atoms with van der Waals surface area (Å²) in [5, 5.41) is 3.11. The van der Waals surface area contributed by atoms with Crippen LogP contribution in [0.1, 0.15) is 42.5 Å². The number of hydrogen-bond donors (Lipinski definition) is 1. The van der Waals surface area contributed by atoms with Gasteiger partial charge in [0.05, 0.1) is 4.47 Å². The van der Waals surface area contributed by atoms with Crippen molar-refractivity contribution in [2.45, 2.75) is 38.1 Å². The zero-order valence-electron chi connectivity index (χ0n) is 11.5. The lowest BCUT2D eigenvalue weighted by molar-refractivity contribution is 0.0927. The number of rotatable bonds is 5. The van der Waals surface area contributed by atoms with E-state index in [4.69, 9.17) is 4.74 Å². The van der Waals surface area contributed by atoms with E-state index in [1.54, 1.807) is 18.2 Å². The van der Waals surface area contributed by atoms with Crippen LogP contribution in [-0.4, -0.2) is 18.6 Å². The van der Waals surface area contributed by atoms with Gasteiger partial charge in [0.2, 0.25) is 0 Å². The molecule has 4 heteroatoms. The molecule has 0 aliphatic heterocycles. The summed E-state index contributed by atoms with van der Waals surface area (Å²) in [6.45, 7) is 4.06. The van der Waals surface area contributed by atoms with Gasteiger partial charge in [-0.25, -0.2) is 0 Å². The lowest BCUT2D eigenvalue weighted by atomic mass is 9.95. The fraction of sp³-hybridized carbons (Fsp3) is 0.438. The maximum Gasteiger partial charge on any atom is 0.251 e.